The molecule has 0 radical (unpaired) electrons. The summed E-state index contributed by atoms with van der Waals surface area (Å²) in [6.45, 7) is 0. The summed E-state index contributed by atoms with van der Waals surface area (Å²) in [6.07, 6.45) is 1.01. The van der Waals surface area contributed by atoms with E-state index < -0.39 is 0 Å². The summed E-state index contributed by atoms with van der Waals surface area (Å²) in [5, 5.41) is 16.3. The highest BCUT2D eigenvalue weighted by molar-refractivity contribution is 7.21. The standard InChI is InChI=1S/C10H7N3O2S/c14-5-7(6-15)12-13-10-11-8-3-1-2-4-9(8)16-10/h1-6,14H/b7-5-,13-12?. The van der Waals surface area contributed by atoms with Gasteiger partial charge in [0.2, 0.25) is 5.13 Å². The summed E-state index contributed by atoms with van der Waals surface area (Å²) in [7, 11) is 0. The van der Waals surface area contributed by atoms with E-state index in [0.29, 0.717) is 17.7 Å². The van der Waals surface area contributed by atoms with Crippen LogP contribution in [0, 0.1) is 0 Å². The summed E-state index contributed by atoms with van der Waals surface area (Å²) in [5.41, 5.74) is 0.696. The number of rotatable bonds is 3. The molecule has 0 spiro atoms. The van der Waals surface area contributed by atoms with Crippen molar-refractivity contribution < 1.29 is 9.90 Å². The highest BCUT2D eigenvalue weighted by Gasteiger charge is 2.01. The Bertz CT molecular complexity index is 541. The highest BCUT2D eigenvalue weighted by atomic mass is 32.1. The molecule has 1 heterocycles. The first-order chi connectivity index (χ1) is 7.83. The molecule has 1 aromatic carbocycles. The number of thiazole rings is 1. The number of benzene rings is 1. The zero-order valence-electron chi connectivity index (χ0n) is 8.07. The quantitative estimate of drug-likeness (QED) is 0.383. The number of aldehydes is 1. The second-order valence-electron chi connectivity index (χ2n) is 2.84. The molecule has 0 aliphatic carbocycles. The molecule has 0 unspecified atom stereocenters. The molecule has 80 valence electrons. The van der Waals surface area contributed by atoms with Gasteiger partial charge in [0, 0.05) is 0 Å². The van der Waals surface area contributed by atoms with E-state index in [4.69, 9.17) is 5.11 Å². The minimum absolute atomic E-state index is 0.140. The van der Waals surface area contributed by atoms with Crippen LogP contribution in [0.1, 0.15) is 0 Å². The molecule has 1 aromatic heterocycles. The number of aliphatic hydroxyl groups is 1. The van der Waals surface area contributed by atoms with Gasteiger partial charge in [-0.1, -0.05) is 23.5 Å². The van der Waals surface area contributed by atoms with Crippen molar-refractivity contribution >= 4 is 33.0 Å². The van der Waals surface area contributed by atoms with Crippen LogP contribution in [0.25, 0.3) is 10.2 Å². The van der Waals surface area contributed by atoms with Gasteiger partial charge in [-0.05, 0) is 12.1 Å². The van der Waals surface area contributed by atoms with Crippen LogP contribution in [-0.2, 0) is 4.79 Å². The lowest BCUT2D eigenvalue weighted by Gasteiger charge is -1.82. The zero-order chi connectivity index (χ0) is 11.4. The van der Waals surface area contributed by atoms with Gasteiger partial charge in [0.25, 0.3) is 0 Å². The summed E-state index contributed by atoms with van der Waals surface area (Å²) in [4.78, 5) is 14.5. The predicted molar refractivity (Wildman–Crippen MR) is 60.9 cm³/mol. The first-order valence-corrected chi connectivity index (χ1v) is 5.22. The molecule has 0 bridgehead atoms. The summed E-state index contributed by atoms with van der Waals surface area (Å²) < 4.78 is 0.997. The molecule has 0 fully saturated rings. The number of hydrogen-bond donors (Lipinski definition) is 1. The Balaban J connectivity index is 2.31. The third-order valence-corrected chi connectivity index (χ3v) is 2.71. The third kappa shape index (κ3) is 2.12. The molecule has 0 aliphatic heterocycles. The number of nitrogens with zero attached hydrogens (tertiary/aromatic N) is 3. The molecule has 2 aromatic rings. The number of allylic oxidation sites excluding steroid dienone is 1. The average molecular weight is 233 g/mol. The fourth-order valence-corrected chi connectivity index (χ4v) is 1.87. The predicted octanol–water partition coefficient (Wildman–Crippen LogP) is 2.98. The van der Waals surface area contributed by atoms with E-state index in [9.17, 15) is 4.79 Å². The second-order valence-corrected chi connectivity index (χ2v) is 3.85. The molecular formula is C10H7N3O2S. The molecule has 1 N–H and O–H groups in total. The largest absolute Gasteiger partial charge is 0.513 e. The van der Waals surface area contributed by atoms with E-state index in [1.165, 1.54) is 11.3 Å². The maximum absolute atomic E-state index is 10.3. The van der Waals surface area contributed by atoms with Gasteiger partial charge >= 0.3 is 0 Å². The summed E-state index contributed by atoms with van der Waals surface area (Å²) >= 11 is 1.36. The SMILES string of the molecule is O=C/C(=C/O)N=Nc1nc2ccccc2s1. The van der Waals surface area contributed by atoms with Crippen LogP contribution in [0.4, 0.5) is 5.13 Å². The number of hydrogen-bond acceptors (Lipinski definition) is 6. The van der Waals surface area contributed by atoms with Gasteiger partial charge in [-0.3, -0.25) is 4.79 Å². The van der Waals surface area contributed by atoms with E-state index in [0.717, 1.165) is 10.2 Å². The van der Waals surface area contributed by atoms with Crippen molar-refractivity contribution in [3.63, 3.8) is 0 Å². The van der Waals surface area contributed by atoms with Crippen LogP contribution < -0.4 is 0 Å². The van der Waals surface area contributed by atoms with Crippen molar-refractivity contribution in [2.45, 2.75) is 0 Å². The molecule has 0 atom stereocenters. The molecule has 0 saturated heterocycles. The van der Waals surface area contributed by atoms with Crippen molar-refractivity contribution in [2.75, 3.05) is 0 Å². The number of aliphatic hydroxyl groups excluding tert-OH is 1. The lowest BCUT2D eigenvalue weighted by Crippen LogP contribution is -1.76. The first-order valence-electron chi connectivity index (χ1n) is 4.40. The van der Waals surface area contributed by atoms with E-state index in [1.54, 1.807) is 0 Å². The Morgan fingerprint density at radius 1 is 1.44 bits per heavy atom. The Morgan fingerprint density at radius 3 is 2.94 bits per heavy atom. The van der Waals surface area contributed by atoms with Gasteiger partial charge in [0.1, 0.15) is 6.26 Å². The minimum atomic E-state index is -0.140. The fourth-order valence-electron chi connectivity index (χ4n) is 1.08. The van der Waals surface area contributed by atoms with Crippen LogP contribution >= 0.6 is 11.3 Å². The number of para-hydroxylation sites is 1. The van der Waals surface area contributed by atoms with E-state index in [2.05, 4.69) is 15.2 Å². The highest BCUT2D eigenvalue weighted by Crippen LogP contribution is 2.27. The van der Waals surface area contributed by atoms with Gasteiger partial charge in [0.15, 0.2) is 12.0 Å². The normalized spacial score (nSPS) is 12.4. The lowest BCUT2D eigenvalue weighted by molar-refractivity contribution is -0.105. The Morgan fingerprint density at radius 2 is 2.25 bits per heavy atom. The minimum Gasteiger partial charge on any atom is -0.513 e. The van der Waals surface area contributed by atoms with Gasteiger partial charge in [-0.25, -0.2) is 4.98 Å². The van der Waals surface area contributed by atoms with Crippen molar-refractivity contribution in [2.24, 2.45) is 10.2 Å². The Hall–Kier alpha value is -2.08. The first kappa shape index (κ1) is 10.4. The lowest BCUT2D eigenvalue weighted by atomic mass is 10.3. The van der Waals surface area contributed by atoms with Crippen molar-refractivity contribution in [1.82, 2.24) is 4.98 Å². The zero-order valence-corrected chi connectivity index (χ0v) is 8.89. The van der Waals surface area contributed by atoms with Crippen LogP contribution in [0.2, 0.25) is 0 Å². The van der Waals surface area contributed by atoms with Crippen molar-refractivity contribution in [1.29, 1.82) is 0 Å². The monoisotopic (exact) mass is 233 g/mol. The van der Waals surface area contributed by atoms with E-state index in [-0.39, 0.29) is 5.70 Å². The smallest absolute Gasteiger partial charge is 0.231 e. The van der Waals surface area contributed by atoms with Gasteiger partial charge < -0.3 is 5.11 Å². The molecular weight excluding hydrogens is 226 g/mol. The maximum Gasteiger partial charge on any atom is 0.231 e. The van der Waals surface area contributed by atoms with Crippen molar-refractivity contribution in [3.05, 3.63) is 36.2 Å². The second kappa shape index (κ2) is 4.63. The topological polar surface area (TPSA) is 74.9 Å². The van der Waals surface area contributed by atoms with Gasteiger partial charge in [-0.2, -0.15) is 0 Å². The van der Waals surface area contributed by atoms with Crippen LogP contribution in [0.5, 0.6) is 0 Å². The summed E-state index contributed by atoms with van der Waals surface area (Å²) in [6, 6.07) is 7.58. The number of carbonyl (C=O) groups excluding carboxylic acids is 1. The van der Waals surface area contributed by atoms with Crippen LogP contribution in [0.15, 0.2) is 46.5 Å². The average Bonchev–Trinajstić information content (AvgIpc) is 2.73. The van der Waals surface area contributed by atoms with Gasteiger partial charge in [-0.15, -0.1) is 10.2 Å². The van der Waals surface area contributed by atoms with Crippen molar-refractivity contribution in [3.8, 4) is 0 Å². The van der Waals surface area contributed by atoms with E-state index in [1.807, 2.05) is 24.3 Å². The molecule has 0 saturated carbocycles. The molecule has 16 heavy (non-hydrogen) atoms. The number of azo groups is 1. The number of aromatic nitrogens is 1. The fraction of sp³-hybridized carbons (Fsp3) is 0. The summed E-state index contributed by atoms with van der Waals surface area (Å²) in [5.74, 6) is 0. The number of fused-ring (bicyclic) bond motifs is 1. The Labute approximate surface area is 94.8 Å². The Kier molecular flexibility index (Phi) is 3.02. The van der Waals surface area contributed by atoms with E-state index >= 15 is 0 Å². The molecule has 6 heteroatoms. The molecule has 2 rings (SSSR count). The number of carbonyl (C=O) groups is 1. The molecule has 5 nitrogen and oxygen atoms in total. The maximum atomic E-state index is 10.3. The van der Waals surface area contributed by atoms with Crippen LogP contribution in [-0.4, -0.2) is 16.4 Å². The van der Waals surface area contributed by atoms with Crippen LogP contribution in [0.3, 0.4) is 0 Å². The third-order valence-electron chi connectivity index (χ3n) is 1.79. The molecule has 0 amide bonds. The molecule has 0 aliphatic rings. The van der Waals surface area contributed by atoms with Gasteiger partial charge in [0.05, 0.1) is 10.2 Å².